The Hall–Kier alpha value is -4.54. The smallest absolute Gasteiger partial charge is 0.335 e. The van der Waals surface area contributed by atoms with Gasteiger partial charge in [0.2, 0.25) is 0 Å². The van der Waals surface area contributed by atoms with Gasteiger partial charge >= 0.3 is 6.03 Å². The summed E-state index contributed by atoms with van der Waals surface area (Å²) in [4.78, 5) is 51.7. The fourth-order valence-corrected chi connectivity index (χ4v) is 4.30. The fraction of sp³-hybridized carbons (Fsp3) is 0.143. The lowest BCUT2D eigenvalue weighted by Crippen LogP contribution is -2.54. The summed E-state index contributed by atoms with van der Waals surface area (Å²) in [5, 5.41) is 5.27. The van der Waals surface area contributed by atoms with E-state index in [9.17, 15) is 19.2 Å². The van der Waals surface area contributed by atoms with Crippen LogP contribution in [0, 0.1) is 6.92 Å². The molecule has 1 saturated heterocycles. The average Bonchev–Trinajstić information content (AvgIpc) is 2.92. The molecule has 0 aliphatic carbocycles. The summed E-state index contributed by atoms with van der Waals surface area (Å²) >= 11 is 12.6. The van der Waals surface area contributed by atoms with Gasteiger partial charge in [-0.15, -0.1) is 0 Å². The van der Waals surface area contributed by atoms with Crippen LogP contribution in [-0.2, 0) is 14.4 Å². The number of amides is 5. The lowest BCUT2D eigenvalue weighted by atomic mass is 10.1. The third-order valence-electron chi connectivity index (χ3n) is 5.87. The summed E-state index contributed by atoms with van der Waals surface area (Å²) in [7, 11) is 2.91. The topological polar surface area (TPSA) is 123 Å². The van der Waals surface area contributed by atoms with Crippen molar-refractivity contribution in [2.45, 2.75) is 6.92 Å². The van der Waals surface area contributed by atoms with Crippen molar-refractivity contribution in [3.63, 3.8) is 0 Å². The van der Waals surface area contributed by atoms with Crippen LogP contribution in [0.4, 0.5) is 16.2 Å². The standard InChI is InChI=1S/C28H23Cl2N3O7/c1-15-20(29)5-4-6-22(15)33-27(36)19(26(35)32-28(33)37)11-16-12-21(30)25(23(13-16)39-3)40-14-24(34)31-17-7-9-18(38-2)10-8-17/h4-13H,14H2,1-3H3,(H,31,34)(H,32,35,37)/b19-11-. The van der Waals surface area contributed by atoms with Crippen LogP contribution in [0.5, 0.6) is 17.2 Å². The highest BCUT2D eigenvalue weighted by atomic mass is 35.5. The molecule has 0 unspecified atom stereocenters. The summed E-state index contributed by atoms with van der Waals surface area (Å²) in [6, 6.07) is 13.5. The monoisotopic (exact) mass is 583 g/mol. The van der Waals surface area contributed by atoms with Crippen LogP contribution in [0.15, 0.2) is 60.2 Å². The van der Waals surface area contributed by atoms with E-state index in [4.69, 9.17) is 37.4 Å². The minimum absolute atomic E-state index is 0.0609. The molecule has 0 aromatic heterocycles. The Balaban J connectivity index is 1.55. The summed E-state index contributed by atoms with van der Waals surface area (Å²) in [6.45, 7) is 1.28. The van der Waals surface area contributed by atoms with Crippen LogP contribution in [0.1, 0.15) is 11.1 Å². The quantitative estimate of drug-likeness (QED) is 0.282. The van der Waals surface area contributed by atoms with Crippen LogP contribution in [0.25, 0.3) is 6.08 Å². The first kappa shape index (κ1) is 28.5. The first-order valence-electron chi connectivity index (χ1n) is 11.7. The van der Waals surface area contributed by atoms with Crippen molar-refractivity contribution in [3.8, 4) is 17.2 Å². The summed E-state index contributed by atoms with van der Waals surface area (Å²) < 4.78 is 16.1. The van der Waals surface area contributed by atoms with Gasteiger partial charge in [-0.3, -0.25) is 19.7 Å². The number of anilines is 2. The van der Waals surface area contributed by atoms with Gasteiger partial charge in [-0.1, -0.05) is 29.3 Å². The maximum absolute atomic E-state index is 13.3. The zero-order chi connectivity index (χ0) is 29.0. The first-order chi connectivity index (χ1) is 19.1. The number of halogens is 2. The predicted octanol–water partition coefficient (Wildman–Crippen LogP) is 5.00. The molecule has 0 radical (unpaired) electrons. The number of carbonyl (C=O) groups is 4. The van der Waals surface area contributed by atoms with Crippen molar-refractivity contribution in [1.82, 2.24) is 5.32 Å². The predicted molar refractivity (Wildman–Crippen MR) is 150 cm³/mol. The van der Waals surface area contributed by atoms with Gasteiger partial charge in [0.15, 0.2) is 18.1 Å². The van der Waals surface area contributed by atoms with Gasteiger partial charge in [-0.25, -0.2) is 9.69 Å². The number of methoxy groups -OCH3 is 2. The molecular weight excluding hydrogens is 561 g/mol. The lowest BCUT2D eigenvalue weighted by Gasteiger charge is -2.27. The van der Waals surface area contributed by atoms with E-state index in [1.165, 1.54) is 25.3 Å². The van der Waals surface area contributed by atoms with E-state index in [0.717, 1.165) is 4.90 Å². The molecule has 206 valence electrons. The second kappa shape index (κ2) is 12.1. The molecule has 1 fully saturated rings. The van der Waals surface area contributed by atoms with E-state index in [1.807, 2.05) is 0 Å². The second-order valence-corrected chi connectivity index (χ2v) is 9.26. The Morgan fingerprint density at radius 2 is 1.73 bits per heavy atom. The molecule has 0 bridgehead atoms. The maximum Gasteiger partial charge on any atom is 0.335 e. The number of barbiturate groups is 1. The zero-order valence-corrected chi connectivity index (χ0v) is 23.1. The van der Waals surface area contributed by atoms with E-state index in [1.54, 1.807) is 56.5 Å². The van der Waals surface area contributed by atoms with Crippen molar-refractivity contribution in [3.05, 3.63) is 81.3 Å². The van der Waals surface area contributed by atoms with Crippen LogP contribution in [0.3, 0.4) is 0 Å². The Bertz CT molecular complexity index is 1540. The molecule has 3 aromatic rings. The number of urea groups is 1. The molecule has 1 heterocycles. The van der Waals surface area contributed by atoms with Gasteiger partial charge < -0.3 is 19.5 Å². The number of nitrogens with one attached hydrogen (secondary N) is 2. The number of ether oxygens (including phenoxy) is 3. The number of hydrogen-bond donors (Lipinski definition) is 2. The number of hydrogen-bond acceptors (Lipinski definition) is 7. The van der Waals surface area contributed by atoms with Crippen molar-refractivity contribution in [1.29, 1.82) is 0 Å². The highest BCUT2D eigenvalue weighted by Crippen LogP contribution is 2.37. The van der Waals surface area contributed by atoms with Crippen molar-refractivity contribution in [2.24, 2.45) is 0 Å². The fourth-order valence-electron chi connectivity index (χ4n) is 3.85. The van der Waals surface area contributed by atoms with Gasteiger partial charge in [-0.2, -0.15) is 0 Å². The van der Waals surface area contributed by atoms with Gasteiger partial charge in [0.1, 0.15) is 11.3 Å². The molecule has 0 saturated carbocycles. The Labute approximate surface area is 239 Å². The Morgan fingerprint density at radius 1 is 1.00 bits per heavy atom. The number of nitrogens with zero attached hydrogens (tertiary/aromatic N) is 1. The molecule has 2 N–H and O–H groups in total. The molecule has 1 aliphatic heterocycles. The first-order valence-corrected chi connectivity index (χ1v) is 12.5. The normalized spacial score (nSPS) is 14.2. The van der Waals surface area contributed by atoms with Crippen LogP contribution in [0.2, 0.25) is 10.0 Å². The van der Waals surface area contributed by atoms with Gasteiger partial charge in [0.05, 0.1) is 24.9 Å². The van der Waals surface area contributed by atoms with E-state index >= 15 is 0 Å². The molecule has 40 heavy (non-hydrogen) atoms. The summed E-state index contributed by atoms with van der Waals surface area (Å²) in [6.07, 6.45) is 1.27. The maximum atomic E-state index is 13.3. The number of carbonyl (C=O) groups excluding carboxylic acids is 4. The largest absolute Gasteiger partial charge is 0.497 e. The van der Waals surface area contributed by atoms with Crippen LogP contribution in [-0.4, -0.2) is 44.6 Å². The van der Waals surface area contributed by atoms with Crippen molar-refractivity contribution < 1.29 is 33.4 Å². The van der Waals surface area contributed by atoms with Crippen molar-refractivity contribution in [2.75, 3.05) is 31.0 Å². The van der Waals surface area contributed by atoms with E-state index in [0.29, 0.717) is 27.6 Å². The van der Waals surface area contributed by atoms with E-state index < -0.39 is 23.8 Å². The highest BCUT2D eigenvalue weighted by molar-refractivity contribution is 6.40. The molecule has 5 amide bonds. The number of imide groups is 2. The molecule has 10 nitrogen and oxygen atoms in total. The van der Waals surface area contributed by atoms with Gasteiger partial charge in [0.25, 0.3) is 17.7 Å². The third kappa shape index (κ3) is 6.03. The molecule has 3 aromatic carbocycles. The Morgan fingerprint density at radius 3 is 2.40 bits per heavy atom. The third-order valence-corrected chi connectivity index (χ3v) is 6.56. The molecule has 0 atom stereocenters. The van der Waals surface area contributed by atoms with Crippen LogP contribution >= 0.6 is 23.2 Å². The average molecular weight is 584 g/mol. The number of rotatable bonds is 8. The lowest BCUT2D eigenvalue weighted by molar-refractivity contribution is -0.122. The van der Waals surface area contributed by atoms with E-state index in [2.05, 4.69) is 10.6 Å². The van der Waals surface area contributed by atoms with Gasteiger partial charge in [0, 0.05) is 10.7 Å². The van der Waals surface area contributed by atoms with Crippen LogP contribution < -0.4 is 29.7 Å². The highest BCUT2D eigenvalue weighted by Gasteiger charge is 2.37. The number of benzene rings is 3. The SMILES string of the molecule is COc1ccc(NC(=O)COc2c(Cl)cc(/C=C3/C(=O)NC(=O)N(c4cccc(Cl)c4C)C3=O)cc2OC)cc1. The minimum atomic E-state index is -0.898. The summed E-state index contributed by atoms with van der Waals surface area (Å²) in [5.41, 5.74) is 1.27. The second-order valence-electron chi connectivity index (χ2n) is 8.44. The molecular formula is C28H23Cl2N3O7. The minimum Gasteiger partial charge on any atom is -0.497 e. The zero-order valence-electron chi connectivity index (χ0n) is 21.5. The van der Waals surface area contributed by atoms with E-state index in [-0.39, 0.29) is 34.4 Å². The van der Waals surface area contributed by atoms with Gasteiger partial charge in [-0.05, 0) is 72.7 Å². The van der Waals surface area contributed by atoms with Crippen molar-refractivity contribution >= 4 is 64.4 Å². The Kier molecular flexibility index (Phi) is 8.61. The summed E-state index contributed by atoms with van der Waals surface area (Å²) in [5.74, 6) is -1.28. The molecule has 0 spiro atoms. The molecule has 1 aliphatic rings. The molecule has 4 rings (SSSR count). The molecule has 12 heteroatoms.